The van der Waals surface area contributed by atoms with Crippen molar-refractivity contribution in [2.75, 3.05) is 26.2 Å². The number of halogens is 1. The summed E-state index contributed by atoms with van der Waals surface area (Å²) >= 11 is 6.58. The molecule has 0 saturated carbocycles. The number of hydrogen-bond donors (Lipinski definition) is 1. The van der Waals surface area contributed by atoms with Crippen LogP contribution in [-0.2, 0) is 0 Å². The Balaban J connectivity index is 1.92. The zero-order valence-corrected chi connectivity index (χ0v) is 14.6. The molecule has 0 aliphatic carbocycles. The maximum Gasteiger partial charge on any atom is 0.134 e. The van der Waals surface area contributed by atoms with Crippen molar-refractivity contribution in [2.24, 2.45) is 0 Å². The molecule has 1 aliphatic heterocycles. The van der Waals surface area contributed by atoms with Gasteiger partial charge in [-0.05, 0) is 18.6 Å². The molecule has 0 radical (unpaired) electrons. The van der Waals surface area contributed by atoms with E-state index in [2.05, 4.69) is 40.3 Å². The first-order chi connectivity index (χ1) is 11.3. The topological polar surface area (TPSA) is 28.2 Å². The fourth-order valence-electron chi connectivity index (χ4n) is 3.46. The molecule has 124 valence electrons. The van der Waals surface area contributed by atoms with Gasteiger partial charge in [0, 0.05) is 43.2 Å². The normalized spacial score (nSPS) is 17.5. The van der Waals surface area contributed by atoms with E-state index < -0.39 is 0 Å². The highest BCUT2D eigenvalue weighted by molar-refractivity contribution is 6.30. The number of para-hydroxylation sites is 1. The van der Waals surface area contributed by atoms with Gasteiger partial charge in [-0.25, -0.2) is 4.98 Å². The highest BCUT2D eigenvalue weighted by atomic mass is 35.5. The number of benzene rings is 1. The van der Waals surface area contributed by atoms with E-state index in [0.29, 0.717) is 11.2 Å². The molecule has 0 amide bonds. The number of aromatic nitrogens is 1. The molecule has 3 rings (SSSR count). The van der Waals surface area contributed by atoms with E-state index in [1.807, 2.05) is 12.1 Å². The molecular formula is C19H26ClN3. The van der Waals surface area contributed by atoms with Crippen LogP contribution in [0.2, 0.25) is 5.15 Å². The zero-order valence-electron chi connectivity index (χ0n) is 13.9. The van der Waals surface area contributed by atoms with Crippen molar-refractivity contribution in [2.45, 2.75) is 38.6 Å². The van der Waals surface area contributed by atoms with Crippen molar-refractivity contribution >= 4 is 22.5 Å². The Hall–Kier alpha value is -1.16. The number of hydrogen-bond acceptors (Lipinski definition) is 3. The number of nitrogens with zero attached hydrogens (tertiary/aromatic N) is 2. The lowest BCUT2D eigenvalue weighted by molar-refractivity contribution is 0.162. The Morgan fingerprint density at radius 3 is 2.78 bits per heavy atom. The molecule has 0 spiro atoms. The molecule has 1 fully saturated rings. The van der Waals surface area contributed by atoms with Crippen LogP contribution >= 0.6 is 11.6 Å². The Kier molecular flexibility index (Phi) is 5.87. The van der Waals surface area contributed by atoms with Crippen LogP contribution in [0.3, 0.4) is 0 Å². The third-order valence-electron chi connectivity index (χ3n) is 4.74. The average Bonchev–Trinajstić information content (AvgIpc) is 2.59. The van der Waals surface area contributed by atoms with Crippen LogP contribution < -0.4 is 5.32 Å². The second-order valence-corrected chi connectivity index (χ2v) is 6.72. The van der Waals surface area contributed by atoms with Gasteiger partial charge in [-0.1, -0.05) is 56.0 Å². The maximum atomic E-state index is 6.58. The van der Waals surface area contributed by atoms with Crippen molar-refractivity contribution in [1.82, 2.24) is 15.2 Å². The van der Waals surface area contributed by atoms with Crippen LogP contribution in [-0.4, -0.2) is 36.1 Å². The molecule has 23 heavy (non-hydrogen) atoms. The van der Waals surface area contributed by atoms with Gasteiger partial charge >= 0.3 is 0 Å². The van der Waals surface area contributed by atoms with E-state index in [1.54, 1.807) is 0 Å². The summed E-state index contributed by atoms with van der Waals surface area (Å²) in [6, 6.07) is 10.9. The quantitative estimate of drug-likeness (QED) is 0.627. The molecule has 2 heterocycles. The smallest absolute Gasteiger partial charge is 0.134 e. The third-order valence-corrected chi connectivity index (χ3v) is 5.04. The summed E-state index contributed by atoms with van der Waals surface area (Å²) in [6.07, 6.45) is 4.93. The van der Waals surface area contributed by atoms with Crippen molar-refractivity contribution < 1.29 is 0 Å². The maximum absolute atomic E-state index is 6.58. The van der Waals surface area contributed by atoms with Gasteiger partial charge in [-0.3, -0.25) is 4.90 Å². The van der Waals surface area contributed by atoms with Crippen LogP contribution in [0, 0.1) is 0 Å². The molecule has 1 aromatic heterocycles. The lowest BCUT2D eigenvalue weighted by atomic mass is 9.98. The number of fused-ring (bicyclic) bond motifs is 1. The van der Waals surface area contributed by atoms with Gasteiger partial charge in [-0.2, -0.15) is 0 Å². The third kappa shape index (κ3) is 4.03. The van der Waals surface area contributed by atoms with Crippen molar-refractivity contribution in [3.05, 3.63) is 41.0 Å². The fourth-order valence-corrected chi connectivity index (χ4v) is 3.73. The SMILES string of the molecule is CCCCC[C@@H](c1cc2ccccc2nc1Cl)N1CCNCC1. The van der Waals surface area contributed by atoms with Crippen molar-refractivity contribution in [3.63, 3.8) is 0 Å². The van der Waals surface area contributed by atoms with Crippen LogP contribution in [0.5, 0.6) is 0 Å². The van der Waals surface area contributed by atoms with E-state index >= 15 is 0 Å². The predicted molar refractivity (Wildman–Crippen MR) is 98.1 cm³/mol. The average molecular weight is 332 g/mol. The lowest BCUT2D eigenvalue weighted by Crippen LogP contribution is -2.45. The van der Waals surface area contributed by atoms with E-state index in [4.69, 9.17) is 11.6 Å². The number of piperazine rings is 1. The van der Waals surface area contributed by atoms with Gasteiger partial charge < -0.3 is 5.32 Å². The molecule has 1 N–H and O–H groups in total. The first kappa shape index (κ1) is 16.7. The van der Waals surface area contributed by atoms with Crippen molar-refractivity contribution in [3.8, 4) is 0 Å². The zero-order chi connectivity index (χ0) is 16.1. The summed E-state index contributed by atoms with van der Waals surface area (Å²) in [5.74, 6) is 0. The minimum atomic E-state index is 0.383. The van der Waals surface area contributed by atoms with E-state index in [0.717, 1.165) is 38.1 Å². The lowest BCUT2D eigenvalue weighted by Gasteiger charge is -2.35. The van der Waals surface area contributed by atoms with Crippen molar-refractivity contribution in [1.29, 1.82) is 0 Å². The Morgan fingerprint density at radius 2 is 2.00 bits per heavy atom. The first-order valence-electron chi connectivity index (χ1n) is 8.79. The molecular weight excluding hydrogens is 306 g/mol. The summed E-state index contributed by atoms with van der Waals surface area (Å²) in [5.41, 5.74) is 2.18. The molecule has 2 aromatic rings. The van der Waals surface area contributed by atoms with Gasteiger partial charge in [0.25, 0.3) is 0 Å². The number of rotatable bonds is 6. The van der Waals surface area contributed by atoms with E-state index in [-0.39, 0.29) is 0 Å². The number of pyridine rings is 1. The van der Waals surface area contributed by atoms with Crippen LogP contribution in [0.1, 0.15) is 44.2 Å². The summed E-state index contributed by atoms with van der Waals surface area (Å²) in [4.78, 5) is 7.22. The Labute approximate surface area is 144 Å². The first-order valence-corrected chi connectivity index (χ1v) is 9.17. The Bertz CT molecular complexity index is 638. The highest BCUT2D eigenvalue weighted by Gasteiger charge is 2.24. The number of nitrogens with one attached hydrogen (secondary N) is 1. The second-order valence-electron chi connectivity index (χ2n) is 6.36. The molecule has 3 nitrogen and oxygen atoms in total. The van der Waals surface area contributed by atoms with Gasteiger partial charge in [0.05, 0.1) is 5.52 Å². The van der Waals surface area contributed by atoms with Crippen LogP contribution in [0.4, 0.5) is 0 Å². The fraction of sp³-hybridized carbons (Fsp3) is 0.526. The highest BCUT2D eigenvalue weighted by Crippen LogP contribution is 2.33. The van der Waals surface area contributed by atoms with E-state index in [9.17, 15) is 0 Å². The van der Waals surface area contributed by atoms with E-state index in [1.165, 1.54) is 30.2 Å². The Morgan fingerprint density at radius 1 is 1.22 bits per heavy atom. The largest absolute Gasteiger partial charge is 0.314 e. The summed E-state index contributed by atoms with van der Waals surface area (Å²) in [5, 5.41) is 5.30. The standard InChI is InChI=1S/C19H26ClN3/c1-2-3-4-9-18(23-12-10-21-11-13-23)16-14-15-7-5-6-8-17(15)22-19(16)20/h5-8,14,18,21H,2-4,9-13H2,1H3/t18-/m0/s1. The number of unbranched alkanes of at least 4 members (excludes halogenated alkanes) is 2. The van der Waals surface area contributed by atoms with Crippen LogP contribution in [0.15, 0.2) is 30.3 Å². The molecule has 1 aromatic carbocycles. The molecule has 0 bridgehead atoms. The molecule has 1 aliphatic rings. The second kappa shape index (κ2) is 8.09. The van der Waals surface area contributed by atoms with Gasteiger partial charge in [0.2, 0.25) is 0 Å². The van der Waals surface area contributed by atoms with Gasteiger partial charge in [-0.15, -0.1) is 0 Å². The summed E-state index contributed by atoms with van der Waals surface area (Å²) in [7, 11) is 0. The molecule has 4 heteroatoms. The van der Waals surface area contributed by atoms with Gasteiger partial charge in [0.1, 0.15) is 5.15 Å². The monoisotopic (exact) mass is 331 g/mol. The minimum absolute atomic E-state index is 0.383. The molecule has 1 saturated heterocycles. The summed E-state index contributed by atoms with van der Waals surface area (Å²) in [6.45, 7) is 6.54. The minimum Gasteiger partial charge on any atom is -0.314 e. The summed E-state index contributed by atoms with van der Waals surface area (Å²) < 4.78 is 0. The molecule has 1 atom stereocenters. The predicted octanol–water partition coefficient (Wildman–Crippen LogP) is 4.41. The molecule has 0 unspecified atom stereocenters. The van der Waals surface area contributed by atoms with Crippen LogP contribution in [0.25, 0.3) is 10.9 Å². The van der Waals surface area contributed by atoms with Gasteiger partial charge in [0.15, 0.2) is 0 Å².